The molecule has 0 radical (unpaired) electrons. The molecule has 1 aliphatic heterocycles. The fourth-order valence-electron chi connectivity index (χ4n) is 4.43. The Bertz CT molecular complexity index is 1660. The second-order valence-corrected chi connectivity index (χ2v) is 12.6. The largest absolute Gasteiger partial charge is 0.488 e. The minimum absolute atomic E-state index is 0.192. The van der Waals surface area contributed by atoms with Crippen molar-refractivity contribution in [1.29, 1.82) is 0 Å². The third-order valence-corrected chi connectivity index (χ3v) is 8.81. The molecule has 1 aromatic heterocycles. The predicted octanol–water partition coefficient (Wildman–Crippen LogP) is 9.11. The molecule has 0 fully saturated rings. The summed E-state index contributed by atoms with van der Waals surface area (Å²) in [6, 6.07) is 17.9. The lowest BCUT2D eigenvalue weighted by Crippen LogP contribution is -2.30. The Morgan fingerprint density at radius 3 is 2.64 bits per heavy atom. The van der Waals surface area contributed by atoms with Gasteiger partial charge in [0.2, 0.25) is 11.1 Å². The van der Waals surface area contributed by atoms with Crippen molar-refractivity contribution < 1.29 is 14.3 Å². The van der Waals surface area contributed by atoms with E-state index in [-0.39, 0.29) is 6.61 Å². The minimum atomic E-state index is -0.680. The van der Waals surface area contributed by atoms with Crippen LogP contribution < -0.4 is 10.1 Å². The van der Waals surface area contributed by atoms with Gasteiger partial charge in [-0.2, -0.15) is 4.98 Å². The number of ether oxygens (including phenoxy) is 2. The van der Waals surface area contributed by atoms with E-state index in [4.69, 9.17) is 54.4 Å². The number of carbonyl (C=O) groups is 1. The highest BCUT2D eigenvalue weighted by Crippen LogP contribution is 2.42. The quantitative estimate of drug-likeness (QED) is 0.130. The molecule has 1 unspecified atom stereocenters. The van der Waals surface area contributed by atoms with Crippen molar-refractivity contribution in [2.24, 2.45) is 0 Å². The van der Waals surface area contributed by atoms with Crippen molar-refractivity contribution in [2.45, 2.75) is 43.8 Å². The highest BCUT2D eigenvalue weighted by molar-refractivity contribution is 9.10. The van der Waals surface area contributed by atoms with Crippen LogP contribution >= 0.6 is 62.5 Å². The number of carbonyl (C=O) groups excluding carboxylic acids is 1. The van der Waals surface area contributed by atoms with Crippen LogP contribution in [0.4, 0.5) is 5.95 Å². The highest BCUT2D eigenvalue weighted by Gasteiger charge is 2.37. The van der Waals surface area contributed by atoms with E-state index in [1.165, 1.54) is 11.8 Å². The Morgan fingerprint density at radius 1 is 1.07 bits per heavy atom. The fourth-order valence-corrected chi connectivity index (χ4v) is 6.39. The zero-order valence-corrected chi connectivity index (χ0v) is 27.3. The van der Waals surface area contributed by atoms with Gasteiger partial charge in [-0.3, -0.25) is 0 Å². The van der Waals surface area contributed by atoms with Gasteiger partial charge in [0.1, 0.15) is 18.4 Å². The molecular weight excluding hydrogens is 683 g/mol. The average molecular weight is 709 g/mol. The van der Waals surface area contributed by atoms with E-state index >= 15 is 0 Å². The van der Waals surface area contributed by atoms with E-state index in [1.54, 1.807) is 16.8 Å². The first kappa shape index (κ1) is 30.8. The lowest BCUT2D eigenvalue weighted by atomic mass is 9.95. The molecule has 4 aromatic rings. The first-order valence-corrected chi connectivity index (χ1v) is 16.0. The van der Waals surface area contributed by atoms with Crippen LogP contribution in [-0.4, -0.2) is 27.3 Å². The Hall–Kier alpha value is -2.69. The van der Waals surface area contributed by atoms with Crippen molar-refractivity contribution in [2.75, 3.05) is 11.9 Å². The molecule has 0 spiro atoms. The zero-order valence-electron chi connectivity index (χ0n) is 22.7. The van der Waals surface area contributed by atoms with E-state index in [1.807, 2.05) is 62.4 Å². The van der Waals surface area contributed by atoms with E-state index in [2.05, 4.69) is 21.2 Å². The monoisotopic (exact) mass is 706 g/mol. The number of nitrogens with zero attached hydrogens (tertiary/aromatic N) is 3. The first-order chi connectivity index (χ1) is 20.2. The number of aromatic nitrogens is 3. The van der Waals surface area contributed by atoms with Gasteiger partial charge in [-0.05, 0) is 55.3 Å². The van der Waals surface area contributed by atoms with Gasteiger partial charge in [0.25, 0.3) is 0 Å². The number of nitrogens with one attached hydrogen (secondary N) is 1. The minimum Gasteiger partial charge on any atom is -0.488 e. The predicted molar refractivity (Wildman–Crippen MR) is 172 cm³/mol. The van der Waals surface area contributed by atoms with E-state index in [0.717, 1.165) is 15.6 Å². The van der Waals surface area contributed by atoms with Gasteiger partial charge < -0.3 is 14.8 Å². The highest BCUT2D eigenvalue weighted by atomic mass is 79.9. The molecule has 0 amide bonds. The normalized spacial score (nSPS) is 14.4. The lowest BCUT2D eigenvalue weighted by Gasteiger charge is -2.29. The maximum atomic E-state index is 13.5. The van der Waals surface area contributed by atoms with Crippen LogP contribution in [0.2, 0.25) is 15.1 Å². The second kappa shape index (κ2) is 13.7. The zero-order chi connectivity index (χ0) is 29.8. The van der Waals surface area contributed by atoms with Crippen LogP contribution in [0.1, 0.15) is 43.0 Å². The second-order valence-electron chi connectivity index (χ2n) is 9.45. The van der Waals surface area contributed by atoms with Crippen LogP contribution in [0.5, 0.6) is 5.75 Å². The van der Waals surface area contributed by atoms with Gasteiger partial charge in [0, 0.05) is 42.1 Å². The average Bonchev–Trinajstić information content (AvgIpc) is 3.37. The van der Waals surface area contributed by atoms with E-state index in [9.17, 15) is 4.79 Å². The summed E-state index contributed by atoms with van der Waals surface area (Å²) in [6.45, 7) is 4.26. The number of anilines is 1. The van der Waals surface area contributed by atoms with Crippen LogP contribution in [0.15, 0.2) is 81.6 Å². The molecule has 1 atom stereocenters. The number of esters is 1. The maximum Gasteiger partial charge on any atom is 0.338 e. The van der Waals surface area contributed by atoms with Crippen LogP contribution in [-0.2, 0) is 21.9 Å². The number of allylic oxidation sites excluding steroid dienone is 1. The number of benzene rings is 3. The molecule has 1 aliphatic rings. The summed E-state index contributed by atoms with van der Waals surface area (Å²) in [7, 11) is 0. The molecule has 0 bridgehead atoms. The van der Waals surface area contributed by atoms with E-state index in [0.29, 0.717) is 67.5 Å². The summed E-state index contributed by atoms with van der Waals surface area (Å²) in [5.74, 6) is 1.19. The van der Waals surface area contributed by atoms with Crippen molar-refractivity contribution in [1.82, 2.24) is 14.8 Å². The summed E-state index contributed by atoms with van der Waals surface area (Å²) in [5, 5.41) is 10.3. The van der Waals surface area contributed by atoms with Crippen LogP contribution in [0.25, 0.3) is 0 Å². The molecule has 3 aromatic carbocycles. The summed E-state index contributed by atoms with van der Waals surface area (Å²) in [5.41, 5.74) is 3.48. The van der Waals surface area contributed by atoms with Gasteiger partial charge in [0.05, 0.1) is 12.2 Å². The third kappa shape index (κ3) is 6.92. The molecule has 2 heterocycles. The Morgan fingerprint density at radius 2 is 1.88 bits per heavy atom. The topological polar surface area (TPSA) is 78.3 Å². The van der Waals surface area contributed by atoms with Gasteiger partial charge in [0.15, 0.2) is 0 Å². The molecule has 218 valence electrons. The maximum absolute atomic E-state index is 13.5. The van der Waals surface area contributed by atoms with Gasteiger partial charge in [-0.1, -0.05) is 93.7 Å². The SMILES string of the molecule is CCCOC(=O)C1=C(C)Nc2nc(SCc3ccccc3Cl)nn2C1c1cc(Br)ccc1OCc1ccc(Cl)cc1Cl. The number of fused-ring (bicyclic) bond motifs is 1. The molecule has 12 heteroatoms. The molecule has 42 heavy (non-hydrogen) atoms. The third-order valence-electron chi connectivity index (χ3n) is 6.47. The van der Waals surface area contributed by atoms with Gasteiger partial charge in [-0.25, -0.2) is 9.48 Å². The molecule has 0 saturated heterocycles. The Kier molecular flexibility index (Phi) is 10.1. The summed E-state index contributed by atoms with van der Waals surface area (Å²) < 4.78 is 14.4. The van der Waals surface area contributed by atoms with Crippen molar-refractivity contribution >= 4 is 74.4 Å². The molecule has 0 aliphatic carbocycles. The summed E-state index contributed by atoms with van der Waals surface area (Å²) >= 11 is 23.9. The molecule has 1 N–H and O–H groups in total. The number of hydrogen-bond donors (Lipinski definition) is 1. The van der Waals surface area contributed by atoms with E-state index < -0.39 is 12.0 Å². The molecule has 5 rings (SSSR count). The molecule has 7 nitrogen and oxygen atoms in total. The Balaban J connectivity index is 1.54. The lowest BCUT2D eigenvalue weighted by molar-refractivity contribution is -0.139. The number of rotatable bonds is 10. The van der Waals surface area contributed by atoms with Gasteiger partial charge in [-0.15, -0.1) is 5.10 Å². The number of thioether (sulfide) groups is 1. The standard InChI is InChI=1S/C30H26BrCl3N4O3S/c1-3-12-40-28(39)26-17(2)35-29-36-30(42-16-19-6-4-5-7-23(19)33)37-38(29)27(26)22-13-20(31)9-11-25(22)41-15-18-8-10-21(32)14-24(18)34/h4-11,13-14,27H,3,12,15-16H2,1-2H3,(H,35,36,37). The van der Waals surface area contributed by atoms with Crippen molar-refractivity contribution in [3.63, 3.8) is 0 Å². The van der Waals surface area contributed by atoms with Gasteiger partial charge >= 0.3 is 5.97 Å². The van der Waals surface area contributed by atoms with Crippen LogP contribution in [0.3, 0.4) is 0 Å². The number of hydrogen-bond acceptors (Lipinski definition) is 7. The van der Waals surface area contributed by atoms with Crippen LogP contribution in [0, 0.1) is 0 Å². The summed E-state index contributed by atoms with van der Waals surface area (Å²) in [4.78, 5) is 18.2. The molecular formula is C30H26BrCl3N4O3S. The Labute approximate surface area is 271 Å². The summed E-state index contributed by atoms with van der Waals surface area (Å²) in [6.07, 6.45) is 0.695. The smallest absolute Gasteiger partial charge is 0.338 e. The van der Waals surface area contributed by atoms with Crippen molar-refractivity contribution in [3.8, 4) is 5.75 Å². The molecule has 0 saturated carbocycles. The fraction of sp³-hybridized carbons (Fsp3) is 0.233. The van der Waals surface area contributed by atoms with Crippen molar-refractivity contribution in [3.05, 3.63) is 108 Å². The first-order valence-electron chi connectivity index (χ1n) is 13.1. The number of halogens is 4.